The highest BCUT2D eigenvalue weighted by molar-refractivity contribution is 4.46. The summed E-state index contributed by atoms with van der Waals surface area (Å²) in [5.41, 5.74) is 0. The van der Waals surface area contributed by atoms with Gasteiger partial charge in [0.1, 0.15) is 0 Å². The van der Waals surface area contributed by atoms with Gasteiger partial charge >= 0.3 is 0 Å². The molecular formula is C26H60O4. The highest BCUT2D eigenvalue weighted by Crippen LogP contribution is 2.04. The van der Waals surface area contributed by atoms with Crippen LogP contribution in [-0.2, 0) is 18.9 Å². The van der Waals surface area contributed by atoms with Crippen LogP contribution in [0.2, 0.25) is 0 Å². The van der Waals surface area contributed by atoms with Crippen molar-refractivity contribution in [2.45, 2.75) is 120 Å². The van der Waals surface area contributed by atoms with E-state index >= 15 is 0 Å². The molecule has 0 radical (unpaired) electrons. The van der Waals surface area contributed by atoms with Gasteiger partial charge in [-0.25, -0.2) is 0 Å². The van der Waals surface area contributed by atoms with Crippen LogP contribution < -0.4 is 0 Å². The molecule has 4 rings (SSSR count). The van der Waals surface area contributed by atoms with E-state index < -0.39 is 0 Å². The first kappa shape index (κ1) is 37.2. The number of hydrogen-bond donors (Lipinski definition) is 0. The molecule has 188 valence electrons. The molecule has 0 bridgehead atoms. The lowest BCUT2D eigenvalue weighted by molar-refractivity contribution is 0.0367. The first-order valence-corrected chi connectivity index (χ1v) is 13.3. The fourth-order valence-electron chi connectivity index (χ4n) is 2.21. The van der Waals surface area contributed by atoms with Crippen LogP contribution in [0.3, 0.4) is 0 Å². The van der Waals surface area contributed by atoms with E-state index in [9.17, 15) is 0 Å². The van der Waals surface area contributed by atoms with Gasteiger partial charge in [-0.15, -0.1) is 0 Å². The molecule has 0 amide bonds. The van der Waals surface area contributed by atoms with Gasteiger partial charge in [-0.2, -0.15) is 0 Å². The van der Waals surface area contributed by atoms with Crippen LogP contribution in [0, 0.1) is 0 Å². The summed E-state index contributed by atoms with van der Waals surface area (Å²) in [6.45, 7) is 24.0. The Morgan fingerprint density at radius 3 is 0.533 bits per heavy atom. The van der Waals surface area contributed by atoms with Gasteiger partial charge in [0, 0.05) is 52.9 Å². The third-order valence-electron chi connectivity index (χ3n) is 3.81. The maximum Gasteiger partial charge on any atom is 0.0488 e. The summed E-state index contributed by atoms with van der Waals surface area (Å²) >= 11 is 0. The Balaban J connectivity index is -0.000000137. The molecule has 4 aliphatic heterocycles. The maximum atomic E-state index is 5.19. The summed E-state index contributed by atoms with van der Waals surface area (Å²) < 4.78 is 19.9. The van der Waals surface area contributed by atoms with Gasteiger partial charge in [-0.1, -0.05) is 68.2 Å². The monoisotopic (exact) mass is 436 g/mol. The Morgan fingerprint density at radius 2 is 0.400 bits per heavy atom. The first-order chi connectivity index (χ1) is 15.0. The number of ether oxygens (including phenoxy) is 4. The lowest BCUT2D eigenvalue weighted by Crippen LogP contribution is -2.09. The van der Waals surface area contributed by atoms with Crippen molar-refractivity contribution in [2.75, 3.05) is 52.9 Å². The van der Waals surface area contributed by atoms with E-state index in [2.05, 4.69) is 0 Å². The molecule has 0 aromatic heterocycles. The Bertz CT molecular complexity index is 158. The molecule has 4 saturated heterocycles. The third-order valence-corrected chi connectivity index (χ3v) is 3.81. The van der Waals surface area contributed by atoms with Gasteiger partial charge in [-0.05, 0) is 51.4 Å². The van der Waals surface area contributed by atoms with Crippen molar-refractivity contribution < 1.29 is 18.9 Å². The summed E-state index contributed by atoms with van der Waals surface area (Å²) in [5, 5.41) is 0. The summed E-state index contributed by atoms with van der Waals surface area (Å²) in [6.07, 6.45) is 13.1. The van der Waals surface area contributed by atoms with Crippen molar-refractivity contribution in [3.8, 4) is 0 Å². The normalized spacial score (nSPS) is 18.4. The second kappa shape index (κ2) is 46.9. The largest absolute Gasteiger partial charge is 0.381 e. The molecule has 4 aliphatic rings. The van der Waals surface area contributed by atoms with Gasteiger partial charge < -0.3 is 18.9 Å². The zero-order valence-corrected chi connectivity index (χ0v) is 22.4. The van der Waals surface area contributed by atoms with E-state index in [4.69, 9.17) is 18.9 Å². The minimum absolute atomic E-state index is 1.00. The van der Waals surface area contributed by atoms with E-state index in [0.717, 1.165) is 52.9 Å². The summed E-state index contributed by atoms with van der Waals surface area (Å²) in [7, 11) is 0. The predicted octanol–water partition coefficient (Wildman–Crippen LogP) is 8.07. The highest BCUT2D eigenvalue weighted by Gasteiger charge is 1.96. The second-order valence-electron chi connectivity index (χ2n) is 5.99. The molecule has 0 atom stereocenters. The molecule has 4 heterocycles. The van der Waals surface area contributed by atoms with Gasteiger partial charge in [0.25, 0.3) is 0 Å². The zero-order chi connectivity index (χ0) is 23.6. The molecule has 0 N–H and O–H groups in total. The van der Waals surface area contributed by atoms with Crippen LogP contribution in [0.15, 0.2) is 0 Å². The molecule has 0 aromatic rings. The molecule has 0 saturated carbocycles. The molecule has 30 heavy (non-hydrogen) atoms. The van der Waals surface area contributed by atoms with Crippen molar-refractivity contribution in [3.63, 3.8) is 0 Å². The van der Waals surface area contributed by atoms with Crippen LogP contribution >= 0.6 is 0 Å². The van der Waals surface area contributed by atoms with Crippen molar-refractivity contribution in [3.05, 3.63) is 0 Å². The maximum absolute atomic E-state index is 5.19. The number of rotatable bonds is 0. The van der Waals surface area contributed by atoms with Crippen LogP contribution in [0.5, 0.6) is 0 Å². The molecule has 4 fully saturated rings. The summed E-state index contributed by atoms with van der Waals surface area (Å²) in [4.78, 5) is 0. The molecule has 0 aromatic carbocycles. The zero-order valence-electron chi connectivity index (χ0n) is 22.4. The van der Waals surface area contributed by atoms with Crippen LogP contribution in [0.4, 0.5) is 0 Å². The van der Waals surface area contributed by atoms with E-state index in [0.29, 0.717) is 0 Å². The van der Waals surface area contributed by atoms with Gasteiger partial charge in [0.05, 0.1) is 0 Å². The molecule has 0 spiro atoms. The molecule has 0 aliphatic carbocycles. The number of hydrogen-bond acceptors (Lipinski definition) is 4. The Hall–Kier alpha value is -0.160. The fraction of sp³-hybridized carbons (Fsp3) is 1.00. The predicted molar refractivity (Wildman–Crippen MR) is 135 cm³/mol. The van der Waals surface area contributed by atoms with Crippen molar-refractivity contribution in [2.24, 2.45) is 0 Å². The lowest BCUT2D eigenvalue weighted by Gasteiger charge is -2.09. The SMILES string of the molecule is C1CCCOCC1.C1CCOC1.C1CCOCC1.C1COC1.CC.CC.CC.CC. The van der Waals surface area contributed by atoms with Crippen LogP contribution in [0.25, 0.3) is 0 Å². The highest BCUT2D eigenvalue weighted by atomic mass is 16.5. The van der Waals surface area contributed by atoms with Crippen LogP contribution in [0.1, 0.15) is 120 Å². The lowest BCUT2D eigenvalue weighted by atomic mass is 10.2. The second-order valence-corrected chi connectivity index (χ2v) is 5.99. The van der Waals surface area contributed by atoms with E-state index in [-0.39, 0.29) is 0 Å². The van der Waals surface area contributed by atoms with Crippen molar-refractivity contribution in [1.82, 2.24) is 0 Å². The minimum atomic E-state index is 1.00. The Labute approximate surface area is 191 Å². The fourth-order valence-corrected chi connectivity index (χ4v) is 2.21. The first-order valence-electron chi connectivity index (χ1n) is 13.3. The van der Waals surface area contributed by atoms with Crippen molar-refractivity contribution in [1.29, 1.82) is 0 Å². The Morgan fingerprint density at radius 1 is 0.233 bits per heavy atom. The topological polar surface area (TPSA) is 36.9 Å². The average molecular weight is 437 g/mol. The molecular weight excluding hydrogens is 376 g/mol. The molecule has 0 unspecified atom stereocenters. The van der Waals surface area contributed by atoms with E-state index in [1.54, 1.807) is 0 Å². The van der Waals surface area contributed by atoms with Gasteiger partial charge in [-0.3, -0.25) is 0 Å². The quantitative estimate of drug-likeness (QED) is 0.384. The summed E-state index contributed by atoms with van der Waals surface area (Å²) in [5.74, 6) is 0. The van der Waals surface area contributed by atoms with Crippen LogP contribution in [-0.4, -0.2) is 52.9 Å². The van der Waals surface area contributed by atoms with Gasteiger partial charge in [0.2, 0.25) is 0 Å². The standard InChI is InChI=1S/C6H12O.C5H10O.C4H8O.C3H6O.4C2H6/c1-2-4-6-7-5-3-1;1-2-4-6-5-3-1;1-2-4-5-3-1;1-2-4-3-1;4*1-2/h1-6H2;1-5H2;1-4H2;1-3H2;4*1-2H3. The summed E-state index contributed by atoms with van der Waals surface area (Å²) in [6, 6.07) is 0. The molecule has 4 nitrogen and oxygen atoms in total. The van der Waals surface area contributed by atoms with E-state index in [1.165, 1.54) is 64.2 Å². The minimum Gasteiger partial charge on any atom is -0.381 e. The van der Waals surface area contributed by atoms with Gasteiger partial charge in [0.15, 0.2) is 0 Å². The average Bonchev–Trinajstić information content (AvgIpc) is 3.28. The third kappa shape index (κ3) is 42.0. The Kier molecular flexibility index (Phi) is 58.1. The van der Waals surface area contributed by atoms with Crippen molar-refractivity contribution >= 4 is 0 Å². The smallest absolute Gasteiger partial charge is 0.0488 e. The van der Waals surface area contributed by atoms with E-state index in [1.807, 2.05) is 55.4 Å². The molecule has 4 heteroatoms.